The molecule has 0 aliphatic rings. The zero-order valence-corrected chi connectivity index (χ0v) is 8.14. The van der Waals surface area contributed by atoms with Crippen LogP contribution < -0.4 is 5.32 Å². The molecule has 0 atom stereocenters. The van der Waals surface area contributed by atoms with Gasteiger partial charge in [-0.05, 0) is 19.4 Å². The van der Waals surface area contributed by atoms with E-state index in [2.05, 4.69) is 18.5 Å². The first-order chi connectivity index (χ1) is 5.95. The number of hydrogen-bond acceptors (Lipinski definition) is 2. The van der Waals surface area contributed by atoms with E-state index in [0.717, 1.165) is 0 Å². The largest absolute Gasteiger partial charge is 0.352 e. The first-order valence-corrected chi connectivity index (χ1v) is 4.07. The van der Waals surface area contributed by atoms with Crippen LogP contribution in [-0.4, -0.2) is 18.2 Å². The highest BCUT2D eigenvalue weighted by atomic mass is 16.1. The van der Waals surface area contributed by atoms with Crippen LogP contribution in [-0.2, 0) is 9.59 Å². The van der Waals surface area contributed by atoms with Crippen molar-refractivity contribution in [3.63, 3.8) is 0 Å². The van der Waals surface area contributed by atoms with E-state index in [1.54, 1.807) is 13.8 Å². The van der Waals surface area contributed by atoms with Gasteiger partial charge in [-0.2, -0.15) is 0 Å². The monoisotopic (exact) mass is 181 g/mol. The standard InChI is InChI=1S/C10H15NO2/c1-7(2)9(12)5-6-11-10(13)8(3)4/h1,3,5-6H2,2,4H3,(H,11,13). The van der Waals surface area contributed by atoms with E-state index in [1.165, 1.54) is 0 Å². The van der Waals surface area contributed by atoms with Gasteiger partial charge in [0, 0.05) is 18.5 Å². The molecule has 1 N–H and O–H groups in total. The maximum atomic E-state index is 11.0. The van der Waals surface area contributed by atoms with Gasteiger partial charge in [-0.25, -0.2) is 0 Å². The van der Waals surface area contributed by atoms with Gasteiger partial charge in [0.05, 0.1) is 0 Å². The summed E-state index contributed by atoms with van der Waals surface area (Å²) >= 11 is 0. The van der Waals surface area contributed by atoms with E-state index < -0.39 is 0 Å². The molecule has 3 nitrogen and oxygen atoms in total. The number of hydrogen-bond donors (Lipinski definition) is 1. The van der Waals surface area contributed by atoms with Crippen LogP contribution >= 0.6 is 0 Å². The fourth-order valence-corrected chi connectivity index (χ4v) is 0.654. The Morgan fingerprint density at radius 3 is 2.08 bits per heavy atom. The Morgan fingerprint density at radius 2 is 1.69 bits per heavy atom. The second kappa shape index (κ2) is 5.30. The van der Waals surface area contributed by atoms with Gasteiger partial charge in [0.1, 0.15) is 0 Å². The molecule has 0 aliphatic carbocycles. The van der Waals surface area contributed by atoms with Crippen LogP contribution in [0.3, 0.4) is 0 Å². The van der Waals surface area contributed by atoms with Gasteiger partial charge in [-0.15, -0.1) is 0 Å². The third-order valence-corrected chi connectivity index (χ3v) is 1.50. The van der Waals surface area contributed by atoms with Crippen LogP contribution in [0.5, 0.6) is 0 Å². The number of carbonyl (C=O) groups excluding carboxylic acids is 2. The van der Waals surface area contributed by atoms with Crippen molar-refractivity contribution in [1.82, 2.24) is 5.32 Å². The van der Waals surface area contributed by atoms with Crippen molar-refractivity contribution < 1.29 is 9.59 Å². The number of Topliss-reactive ketones (excluding diaryl/α,β-unsaturated/α-hetero) is 1. The lowest BCUT2D eigenvalue weighted by molar-refractivity contribution is -0.117. The van der Waals surface area contributed by atoms with Crippen LogP contribution in [0, 0.1) is 0 Å². The van der Waals surface area contributed by atoms with Gasteiger partial charge < -0.3 is 5.32 Å². The minimum Gasteiger partial charge on any atom is -0.352 e. The molecule has 0 bridgehead atoms. The van der Waals surface area contributed by atoms with E-state index in [4.69, 9.17) is 0 Å². The number of ketones is 1. The summed E-state index contributed by atoms with van der Waals surface area (Å²) < 4.78 is 0. The molecule has 1 amide bonds. The molecule has 0 saturated heterocycles. The second-order valence-electron chi connectivity index (χ2n) is 2.99. The van der Waals surface area contributed by atoms with Crippen molar-refractivity contribution in [3.05, 3.63) is 24.3 Å². The normalized spacial score (nSPS) is 9.08. The average molecular weight is 181 g/mol. The topological polar surface area (TPSA) is 46.2 Å². The van der Waals surface area contributed by atoms with Gasteiger partial charge in [0.15, 0.2) is 5.78 Å². The molecule has 0 aromatic heterocycles. The predicted molar refractivity (Wildman–Crippen MR) is 52.3 cm³/mol. The lowest BCUT2D eigenvalue weighted by Gasteiger charge is -2.03. The molecule has 0 heterocycles. The summed E-state index contributed by atoms with van der Waals surface area (Å²) in [5.41, 5.74) is 0.965. The zero-order chi connectivity index (χ0) is 10.4. The summed E-state index contributed by atoms with van der Waals surface area (Å²) in [5.74, 6) is -0.239. The van der Waals surface area contributed by atoms with Gasteiger partial charge in [-0.1, -0.05) is 13.2 Å². The Kier molecular flexibility index (Phi) is 4.74. The van der Waals surface area contributed by atoms with Crippen molar-refractivity contribution in [2.24, 2.45) is 0 Å². The Bertz CT molecular complexity index is 228. The van der Waals surface area contributed by atoms with Gasteiger partial charge in [0.25, 0.3) is 0 Å². The molecule has 0 aromatic carbocycles. The molecule has 0 fully saturated rings. The van der Waals surface area contributed by atoms with Crippen molar-refractivity contribution in [2.75, 3.05) is 6.54 Å². The lowest BCUT2D eigenvalue weighted by Crippen LogP contribution is -2.26. The Labute approximate surface area is 78.5 Å². The van der Waals surface area contributed by atoms with E-state index in [1.807, 2.05) is 0 Å². The molecule has 0 saturated carbocycles. The van der Waals surface area contributed by atoms with E-state index >= 15 is 0 Å². The lowest BCUT2D eigenvalue weighted by atomic mass is 10.1. The molecular formula is C10H15NO2. The first-order valence-electron chi connectivity index (χ1n) is 4.07. The molecule has 0 aromatic rings. The van der Waals surface area contributed by atoms with Crippen molar-refractivity contribution in [3.8, 4) is 0 Å². The summed E-state index contributed by atoms with van der Waals surface area (Å²) in [7, 11) is 0. The molecule has 0 aliphatic heterocycles. The van der Waals surface area contributed by atoms with Gasteiger partial charge in [0.2, 0.25) is 5.91 Å². The molecule has 0 unspecified atom stereocenters. The Hall–Kier alpha value is -1.38. The third-order valence-electron chi connectivity index (χ3n) is 1.50. The molecule has 0 rings (SSSR count). The first kappa shape index (κ1) is 11.6. The number of allylic oxidation sites excluding steroid dienone is 1. The number of amides is 1. The SMILES string of the molecule is C=C(C)C(=O)CCNC(=O)C(=C)C. The molecule has 13 heavy (non-hydrogen) atoms. The molecule has 0 radical (unpaired) electrons. The van der Waals surface area contributed by atoms with E-state index in [0.29, 0.717) is 24.1 Å². The smallest absolute Gasteiger partial charge is 0.246 e. The summed E-state index contributed by atoms with van der Waals surface area (Å²) in [6.07, 6.45) is 0.300. The van der Waals surface area contributed by atoms with Crippen molar-refractivity contribution in [1.29, 1.82) is 0 Å². The highest BCUT2D eigenvalue weighted by Crippen LogP contribution is 1.94. The maximum absolute atomic E-state index is 11.0. The van der Waals surface area contributed by atoms with E-state index in [-0.39, 0.29) is 11.7 Å². The predicted octanol–water partition coefficient (Wildman–Crippen LogP) is 1.21. The highest BCUT2D eigenvalue weighted by Gasteiger charge is 2.04. The van der Waals surface area contributed by atoms with Crippen LogP contribution in [0.25, 0.3) is 0 Å². The number of rotatable bonds is 5. The quantitative estimate of drug-likeness (QED) is 0.648. The summed E-state index contributed by atoms with van der Waals surface area (Å²) in [4.78, 5) is 22.0. The Balaban J connectivity index is 3.69. The van der Waals surface area contributed by atoms with Gasteiger partial charge in [-0.3, -0.25) is 9.59 Å². The van der Waals surface area contributed by atoms with E-state index in [9.17, 15) is 9.59 Å². The highest BCUT2D eigenvalue weighted by molar-refractivity contribution is 5.95. The summed E-state index contributed by atoms with van der Waals surface area (Å²) in [6, 6.07) is 0. The van der Waals surface area contributed by atoms with Crippen LogP contribution in [0.15, 0.2) is 24.3 Å². The number of carbonyl (C=O) groups is 2. The third kappa shape index (κ3) is 4.95. The van der Waals surface area contributed by atoms with Gasteiger partial charge >= 0.3 is 0 Å². The van der Waals surface area contributed by atoms with Crippen molar-refractivity contribution >= 4 is 11.7 Å². The zero-order valence-electron chi connectivity index (χ0n) is 8.14. The minimum absolute atomic E-state index is 0.0259. The van der Waals surface area contributed by atoms with Crippen molar-refractivity contribution in [2.45, 2.75) is 20.3 Å². The van der Waals surface area contributed by atoms with Crippen LogP contribution in [0.2, 0.25) is 0 Å². The fourth-order valence-electron chi connectivity index (χ4n) is 0.654. The number of nitrogens with one attached hydrogen (secondary N) is 1. The Morgan fingerprint density at radius 1 is 1.15 bits per heavy atom. The minimum atomic E-state index is -0.213. The molecule has 0 spiro atoms. The molecule has 3 heteroatoms. The molecular weight excluding hydrogens is 166 g/mol. The summed E-state index contributed by atoms with van der Waals surface area (Å²) in [5, 5.41) is 2.57. The van der Waals surface area contributed by atoms with Crippen LogP contribution in [0.1, 0.15) is 20.3 Å². The average Bonchev–Trinajstić information content (AvgIpc) is 2.03. The molecule has 72 valence electrons. The summed E-state index contributed by atoms with van der Waals surface area (Å²) in [6.45, 7) is 10.6. The second-order valence-corrected chi connectivity index (χ2v) is 2.99. The maximum Gasteiger partial charge on any atom is 0.246 e. The fraction of sp³-hybridized carbons (Fsp3) is 0.400. The van der Waals surface area contributed by atoms with Crippen LogP contribution in [0.4, 0.5) is 0 Å².